The van der Waals surface area contributed by atoms with Crippen molar-refractivity contribution in [1.29, 1.82) is 5.26 Å². The van der Waals surface area contributed by atoms with Crippen molar-refractivity contribution in [2.45, 2.75) is 111 Å². The fourth-order valence-corrected chi connectivity index (χ4v) is 7.36. The van der Waals surface area contributed by atoms with Gasteiger partial charge in [-0.05, 0) is 68.1 Å². The Morgan fingerprint density at radius 2 is 1.70 bits per heavy atom. The Morgan fingerprint density at radius 3 is 2.33 bits per heavy atom. The number of hydrogen-bond acceptors (Lipinski definition) is 5. The summed E-state index contributed by atoms with van der Waals surface area (Å²) in [6.07, 6.45) is 9.47. The molecule has 0 radical (unpaired) electrons. The van der Waals surface area contributed by atoms with Crippen LogP contribution in [0.4, 0.5) is 0 Å². The third-order valence-electron chi connectivity index (χ3n) is 9.37. The first-order chi connectivity index (χ1) is 14.1. The molecular weight excluding hydrogens is 378 g/mol. The number of carbonyl (C=O) groups excluding carboxylic acids is 2. The Labute approximate surface area is 181 Å². The standard InChI is InChI=1S/C25H39NO4/c1-17(27)29-20-9-14-24(4,19(16-20)8-6-15-26)21-10-13-23(3)11-7-12-25(23,5)22(21)30-18(2)28/h19-22H,6-14,16H2,1-5H3/t19-,20-,21-,22+,23-,24-,25-/m0/s1. The Hall–Kier alpha value is -1.57. The van der Waals surface area contributed by atoms with Crippen LogP contribution in [0.3, 0.4) is 0 Å². The van der Waals surface area contributed by atoms with Crippen LogP contribution in [0.5, 0.6) is 0 Å². The highest BCUT2D eigenvalue weighted by Crippen LogP contribution is 2.66. The molecule has 168 valence electrons. The van der Waals surface area contributed by atoms with Crippen molar-refractivity contribution in [1.82, 2.24) is 0 Å². The van der Waals surface area contributed by atoms with E-state index >= 15 is 0 Å². The van der Waals surface area contributed by atoms with Gasteiger partial charge in [0.05, 0.1) is 6.07 Å². The minimum absolute atomic E-state index is 0.00287. The van der Waals surface area contributed by atoms with Crippen LogP contribution in [0.15, 0.2) is 0 Å². The van der Waals surface area contributed by atoms with Gasteiger partial charge in [-0.15, -0.1) is 0 Å². The zero-order valence-electron chi connectivity index (χ0n) is 19.5. The lowest BCUT2D eigenvalue weighted by atomic mass is 9.47. The molecule has 0 heterocycles. The molecule has 3 saturated carbocycles. The third kappa shape index (κ3) is 3.99. The molecule has 5 heteroatoms. The van der Waals surface area contributed by atoms with Crippen LogP contribution in [0.2, 0.25) is 0 Å². The van der Waals surface area contributed by atoms with Crippen LogP contribution in [0.1, 0.15) is 98.8 Å². The van der Waals surface area contributed by atoms with E-state index in [-0.39, 0.29) is 52.2 Å². The van der Waals surface area contributed by atoms with E-state index in [4.69, 9.17) is 9.47 Å². The maximum absolute atomic E-state index is 12.2. The van der Waals surface area contributed by atoms with E-state index < -0.39 is 0 Å². The molecule has 0 aromatic carbocycles. The maximum atomic E-state index is 12.2. The number of nitriles is 1. The zero-order chi connectivity index (χ0) is 22.2. The van der Waals surface area contributed by atoms with Crippen molar-refractivity contribution < 1.29 is 19.1 Å². The molecule has 0 spiro atoms. The summed E-state index contributed by atoms with van der Waals surface area (Å²) in [6, 6.07) is 2.31. The van der Waals surface area contributed by atoms with Crippen molar-refractivity contribution in [3.8, 4) is 6.07 Å². The molecule has 0 bridgehead atoms. The van der Waals surface area contributed by atoms with E-state index in [0.29, 0.717) is 6.42 Å². The Kier molecular flexibility index (Phi) is 6.56. The van der Waals surface area contributed by atoms with Gasteiger partial charge < -0.3 is 9.47 Å². The first-order valence-corrected chi connectivity index (χ1v) is 11.8. The maximum Gasteiger partial charge on any atom is 0.302 e. The molecule has 5 nitrogen and oxygen atoms in total. The molecule has 0 aromatic heterocycles. The van der Waals surface area contributed by atoms with Gasteiger partial charge in [-0.3, -0.25) is 9.59 Å². The molecule has 3 fully saturated rings. The van der Waals surface area contributed by atoms with E-state index in [1.165, 1.54) is 33.1 Å². The predicted molar refractivity (Wildman–Crippen MR) is 114 cm³/mol. The number of rotatable bonds is 5. The van der Waals surface area contributed by atoms with Gasteiger partial charge in [-0.1, -0.05) is 27.2 Å². The van der Waals surface area contributed by atoms with Crippen LogP contribution >= 0.6 is 0 Å². The van der Waals surface area contributed by atoms with E-state index in [1.807, 2.05) is 0 Å². The lowest BCUT2D eigenvalue weighted by Gasteiger charge is -2.59. The van der Waals surface area contributed by atoms with Crippen LogP contribution in [-0.2, 0) is 19.1 Å². The number of ether oxygens (including phenoxy) is 2. The monoisotopic (exact) mass is 417 g/mol. The fourth-order valence-electron chi connectivity index (χ4n) is 7.36. The highest BCUT2D eigenvalue weighted by Gasteiger charge is 2.63. The predicted octanol–water partition coefficient (Wildman–Crippen LogP) is 5.57. The summed E-state index contributed by atoms with van der Waals surface area (Å²) in [6.45, 7) is 10.1. The summed E-state index contributed by atoms with van der Waals surface area (Å²) in [7, 11) is 0. The molecule has 0 aliphatic heterocycles. The number of nitrogens with zero attached hydrogens (tertiary/aromatic N) is 1. The van der Waals surface area contributed by atoms with E-state index in [0.717, 1.165) is 38.5 Å². The summed E-state index contributed by atoms with van der Waals surface area (Å²) in [5, 5.41) is 9.25. The number of hydrogen-bond donors (Lipinski definition) is 0. The van der Waals surface area contributed by atoms with Crippen molar-refractivity contribution in [3.63, 3.8) is 0 Å². The Balaban J connectivity index is 1.93. The second kappa shape index (κ2) is 8.52. The highest BCUT2D eigenvalue weighted by atomic mass is 16.5. The minimum atomic E-state index is -0.229. The van der Waals surface area contributed by atoms with Gasteiger partial charge >= 0.3 is 11.9 Å². The summed E-state index contributed by atoms with van der Waals surface area (Å²) in [5.41, 5.74) is 0.189. The molecular formula is C25H39NO4. The van der Waals surface area contributed by atoms with Gasteiger partial charge in [-0.25, -0.2) is 0 Å². The Bertz CT molecular complexity index is 714. The van der Waals surface area contributed by atoms with Crippen LogP contribution in [0.25, 0.3) is 0 Å². The Morgan fingerprint density at radius 1 is 1.00 bits per heavy atom. The van der Waals surface area contributed by atoms with Crippen LogP contribution in [-0.4, -0.2) is 24.1 Å². The molecule has 3 aliphatic rings. The number of fused-ring (bicyclic) bond motifs is 1. The average Bonchev–Trinajstić information content (AvgIpc) is 2.97. The second-order valence-electron chi connectivity index (χ2n) is 10.9. The molecule has 0 unspecified atom stereocenters. The first-order valence-electron chi connectivity index (χ1n) is 11.8. The largest absolute Gasteiger partial charge is 0.463 e. The first kappa shape index (κ1) is 23.1. The molecule has 0 amide bonds. The summed E-state index contributed by atoms with van der Waals surface area (Å²) < 4.78 is 11.7. The van der Waals surface area contributed by atoms with Crippen LogP contribution < -0.4 is 0 Å². The van der Waals surface area contributed by atoms with Crippen molar-refractivity contribution in [2.75, 3.05) is 0 Å². The SMILES string of the molecule is CC(=O)O[C@H]1CC[C@](C)([C@H]2CC[C@]3(C)CCC[C@@]3(C)[C@@H]2OC(C)=O)[C@@H](CCC#N)C1. The van der Waals surface area contributed by atoms with E-state index in [2.05, 4.69) is 26.8 Å². The zero-order valence-corrected chi connectivity index (χ0v) is 19.5. The molecule has 0 aromatic rings. The van der Waals surface area contributed by atoms with Gasteiger partial charge in [-0.2, -0.15) is 5.26 Å². The molecule has 0 N–H and O–H groups in total. The molecule has 0 saturated heterocycles. The summed E-state index contributed by atoms with van der Waals surface area (Å²) in [4.78, 5) is 23.7. The van der Waals surface area contributed by atoms with Crippen molar-refractivity contribution >= 4 is 11.9 Å². The van der Waals surface area contributed by atoms with E-state index in [9.17, 15) is 14.9 Å². The fraction of sp³-hybridized carbons (Fsp3) is 0.880. The van der Waals surface area contributed by atoms with Gasteiger partial charge in [0.25, 0.3) is 0 Å². The minimum Gasteiger partial charge on any atom is -0.463 e. The van der Waals surface area contributed by atoms with Crippen molar-refractivity contribution in [3.05, 3.63) is 0 Å². The van der Waals surface area contributed by atoms with Gasteiger partial charge in [0.2, 0.25) is 0 Å². The van der Waals surface area contributed by atoms with Crippen LogP contribution in [0, 0.1) is 39.4 Å². The van der Waals surface area contributed by atoms with Gasteiger partial charge in [0, 0.05) is 31.6 Å². The quantitative estimate of drug-likeness (QED) is 0.547. The van der Waals surface area contributed by atoms with Gasteiger partial charge in [0.1, 0.15) is 12.2 Å². The third-order valence-corrected chi connectivity index (χ3v) is 9.37. The number of carbonyl (C=O) groups is 2. The average molecular weight is 418 g/mol. The normalized spacial score (nSPS) is 43.3. The molecule has 3 aliphatic carbocycles. The highest BCUT2D eigenvalue weighted by molar-refractivity contribution is 5.66. The molecule has 3 rings (SSSR count). The molecule has 7 atom stereocenters. The van der Waals surface area contributed by atoms with E-state index in [1.54, 1.807) is 0 Å². The second-order valence-corrected chi connectivity index (χ2v) is 10.9. The van der Waals surface area contributed by atoms with Gasteiger partial charge in [0.15, 0.2) is 0 Å². The summed E-state index contributed by atoms with van der Waals surface area (Å²) >= 11 is 0. The molecule has 30 heavy (non-hydrogen) atoms. The van der Waals surface area contributed by atoms with Crippen molar-refractivity contribution in [2.24, 2.45) is 28.1 Å². The number of esters is 2. The lowest BCUT2D eigenvalue weighted by Crippen LogP contribution is -2.58. The smallest absolute Gasteiger partial charge is 0.302 e. The lowest BCUT2D eigenvalue weighted by molar-refractivity contribution is -0.197. The topological polar surface area (TPSA) is 76.4 Å². The summed E-state index contributed by atoms with van der Waals surface area (Å²) in [5.74, 6) is 0.146.